The molecule has 5 rings (SSSR count). The van der Waals surface area contributed by atoms with Crippen LogP contribution in [-0.2, 0) is 0 Å². The van der Waals surface area contributed by atoms with Gasteiger partial charge < -0.3 is 14.2 Å². The van der Waals surface area contributed by atoms with Gasteiger partial charge in [-0.1, -0.05) is 42.1 Å². The minimum atomic E-state index is -0.307. The zero-order valence-electron chi connectivity index (χ0n) is 21.8. The van der Waals surface area contributed by atoms with Gasteiger partial charge in [0.05, 0.1) is 24.5 Å². The SMILES string of the molecule is CCCCCCOc1ccc([C@H]2Oc3ccc(Br)cc3[C@@H]3CC(c4ccc(OC(C)C)cc4)=NN23)cc1. The third-order valence-electron chi connectivity index (χ3n) is 6.74. The molecule has 194 valence electrons. The molecule has 0 aliphatic carbocycles. The first-order valence-corrected chi connectivity index (χ1v) is 14.1. The van der Waals surface area contributed by atoms with Gasteiger partial charge in [-0.05, 0) is 92.6 Å². The number of halogens is 1. The Morgan fingerprint density at radius 1 is 0.973 bits per heavy atom. The second-order valence-corrected chi connectivity index (χ2v) is 10.9. The van der Waals surface area contributed by atoms with Crippen LogP contribution in [0.2, 0.25) is 0 Å². The van der Waals surface area contributed by atoms with Crippen molar-refractivity contribution in [2.24, 2.45) is 5.10 Å². The molecule has 0 saturated heterocycles. The molecule has 0 radical (unpaired) electrons. The van der Waals surface area contributed by atoms with E-state index in [1.165, 1.54) is 19.3 Å². The van der Waals surface area contributed by atoms with Crippen LogP contribution in [0.1, 0.15) is 81.8 Å². The summed E-state index contributed by atoms with van der Waals surface area (Å²) < 4.78 is 19.4. The molecule has 2 atom stereocenters. The predicted molar refractivity (Wildman–Crippen MR) is 152 cm³/mol. The van der Waals surface area contributed by atoms with Crippen molar-refractivity contribution in [1.82, 2.24) is 5.01 Å². The Kier molecular flexibility index (Phi) is 8.04. The summed E-state index contributed by atoms with van der Waals surface area (Å²) in [5, 5.41) is 7.21. The Morgan fingerprint density at radius 2 is 1.73 bits per heavy atom. The van der Waals surface area contributed by atoms with E-state index in [1.807, 2.05) is 50.2 Å². The molecular weight excluding hydrogens is 528 g/mol. The fourth-order valence-corrected chi connectivity index (χ4v) is 5.28. The molecule has 3 aromatic rings. The van der Waals surface area contributed by atoms with Crippen molar-refractivity contribution in [3.05, 3.63) is 87.9 Å². The molecule has 5 nitrogen and oxygen atoms in total. The van der Waals surface area contributed by atoms with Gasteiger partial charge in [-0.3, -0.25) is 0 Å². The van der Waals surface area contributed by atoms with Gasteiger partial charge in [0.2, 0.25) is 6.23 Å². The lowest BCUT2D eigenvalue weighted by molar-refractivity contribution is -0.0191. The number of unbranched alkanes of at least 4 members (excludes halogenated alkanes) is 3. The van der Waals surface area contributed by atoms with Crippen LogP contribution in [0.15, 0.2) is 76.3 Å². The summed E-state index contributed by atoms with van der Waals surface area (Å²) in [5.41, 5.74) is 4.36. The fourth-order valence-electron chi connectivity index (χ4n) is 4.90. The fraction of sp³-hybridized carbons (Fsp3) is 0.387. The van der Waals surface area contributed by atoms with E-state index in [1.54, 1.807) is 0 Å². The van der Waals surface area contributed by atoms with Gasteiger partial charge >= 0.3 is 0 Å². The van der Waals surface area contributed by atoms with Crippen LogP contribution in [0.4, 0.5) is 0 Å². The predicted octanol–water partition coefficient (Wildman–Crippen LogP) is 8.44. The summed E-state index contributed by atoms with van der Waals surface area (Å²) in [6.07, 6.45) is 5.44. The first-order valence-electron chi connectivity index (χ1n) is 13.3. The van der Waals surface area contributed by atoms with Gasteiger partial charge in [0.15, 0.2) is 0 Å². The average molecular weight is 564 g/mol. The molecule has 0 saturated carbocycles. The lowest BCUT2D eigenvalue weighted by Crippen LogP contribution is -2.33. The molecule has 0 unspecified atom stereocenters. The van der Waals surface area contributed by atoms with Crippen molar-refractivity contribution in [1.29, 1.82) is 0 Å². The largest absolute Gasteiger partial charge is 0.494 e. The molecule has 6 heteroatoms. The Labute approximate surface area is 228 Å². The van der Waals surface area contributed by atoms with Gasteiger partial charge in [-0.25, -0.2) is 5.01 Å². The zero-order chi connectivity index (χ0) is 25.8. The maximum absolute atomic E-state index is 6.54. The smallest absolute Gasteiger partial charge is 0.213 e. The summed E-state index contributed by atoms with van der Waals surface area (Å²) in [6.45, 7) is 7.05. The molecule has 0 spiro atoms. The first kappa shape index (κ1) is 25.7. The topological polar surface area (TPSA) is 43.3 Å². The quantitative estimate of drug-likeness (QED) is 0.232. The highest BCUT2D eigenvalue weighted by Crippen LogP contribution is 2.48. The van der Waals surface area contributed by atoms with Crippen molar-refractivity contribution in [3.8, 4) is 17.2 Å². The summed E-state index contributed by atoms with van der Waals surface area (Å²) in [5.74, 6) is 2.67. The third-order valence-corrected chi connectivity index (χ3v) is 7.24. The van der Waals surface area contributed by atoms with E-state index in [4.69, 9.17) is 19.3 Å². The van der Waals surface area contributed by atoms with Gasteiger partial charge in [0, 0.05) is 22.0 Å². The van der Waals surface area contributed by atoms with Crippen molar-refractivity contribution < 1.29 is 14.2 Å². The zero-order valence-corrected chi connectivity index (χ0v) is 23.4. The molecule has 0 aromatic heterocycles. The summed E-state index contributed by atoms with van der Waals surface area (Å²) in [7, 11) is 0. The molecule has 0 amide bonds. The maximum atomic E-state index is 6.54. The van der Waals surface area contributed by atoms with Gasteiger partial charge in [-0.15, -0.1) is 0 Å². The summed E-state index contributed by atoms with van der Waals surface area (Å²) >= 11 is 3.64. The van der Waals surface area contributed by atoms with E-state index in [0.29, 0.717) is 0 Å². The van der Waals surface area contributed by atoms with Crippen LogP contribution in [0.25, 0.3) is 0 Å². The van der Waals surface area contributed by atoms with Crippen LogP contribution < -0.4 is 14.2 Å². The lowest BCUT2D eigenvalue weighted by atomic mass is 9.96. The number of hydrogen-bond donors (Lipinski definition) is 0. The molecule has 2 heterocycles. The van der Waals surface area contributed by atoms with Crippen LogP contribution >= 0.6 is 15.9 Å². The molecular formula is C31H35BrN2O3. The highest BCUT2D eigenvalue weighted by Gasteiger charge is 2.41. The summed E-state index contributed by atoms with van der Waals surface area (Å²) in [4.78, 5) is 0. The Morgan fingerprint density at radius 3 is 2.46 bits per heavy atom. The van der Waals surface area contributed by atoms with Crippen molar-refractivity contribution in [2.75, 3.05) is 6.61 Å². The van der Waals surface area contributed by atoms with E-state index < -0.39 is 0 Å². The van der Waals surface area contributed by atoms with Crippen LogP contribution in [-0.4, -0.2) is 23.4 Å². The molecule has 0 bridgehead atoms. The van der Waals surface area contributed by atoms with Crippen LogP contribution in [0.3, 0.4) is 0 Å². The monoisotopic (exact) mass is 562 g/mol. The molecule has 3 aromatic carbocycles. The second-order valence-electron chi connectivity index (χ2n) is 9.97. The normalized spacial score (nSPS) is 18.2. The van der Waals surface area contributed by atoms with Gasteiger partial charge in [0.25, 0.3) is 0 Å². The van der Waals surface area contributed by atoms with Crippen molar-refractivity contribution >= 4 is 21.6 Å². The van der Waals surface area contributed by atoms with E-state index in [0.717, 1.165) is 63.6 Å². The van der Waals surface area contributed by atoms with E-state index in [2.05, 4.69) is 58.2 Å². The number of hydrazone groups is 1. The van der Waals surface area contributed by atoms with Crippen LogP contribution in [0, 0.1) is 0 Å². The van der Waals surface area contributed by atoms with E-state index in [9.17, 15) is 0 Å². The lowest BCUT2D eigenvalue weighted by Gasteiger charge is -2.38. The molecule has 2 aliphatic heterocycles. The number of nitrogens with zero attached hydrogens (tertiary/aromatic N) is 2. The Bertz CT molecular complexity index is 1220. The van der Waals surface area contributed by atoms with Crippen LogP contribution in [0.5, 0.6) is 17.2 Å². The number of ether oxygens (including phenoxy) is 3. The standard InChI is InChI=1S/C31H35BrN2O3/c1-4-5-6-7-18-35-25-13-10-23(11-14-25)31-34-29(27-19-24(32)12-17-30(27)37-31)20-28(33-34)22-8-15-26(16-9-22)36-21(2)3/h8-17,19,21,29,31H,4-7,18,20H2,1-3H3/t29-,31+/m0/s1. The molecule has 0 N–H and O–H groups in total. The van der Waals surface area contributed by atoms with E-state index in [-0.39, 0.29) is 18.4 Å². The van der Waals surface area contributed by atoms with E-state index >= 15 is 0 Å². The molecule has 2 aliphatic rings. The second kappa shape index (κ2) is 11.6. The number of benzene rings is 3. The van der Waals surface area contributed by atoms with Crippen molar-refractivity contribution in [2.45, 2.75) is 71.2 Å². The maximum Gasteiger partial charge on any atom is 0.213 e. The minimum absolute atomic E-state index is 0.0994. The molecule has 37 heavy (non-hydrogen) atoms. The average Bonchev–Trinajstić information content (AvgIpc) is 3.35. The van der Waals surface area contributed by atoms with Gasteiger partial charge in [0.1, 0.15) is 17.2 Å². The number of rotatable bonds is 10. The minimum Gasteiger partial charge on any atom is -0.494 e. The third kappa shape index (κ3) is 5.96. The number of hydrogen-bond acceptors (Lipinski definition) is 5. The van der Waals surface area contributed by atoms with Gasteiger partial charge in [-0.2, -0.15) is 5.10 Å². The number of fused-ring (bicyclic) bond motifs is 3. The molecule has 0 fully saturated rings. The Balaban J connectivity index is 1.38. The van der Waals surface area contributed by atoms with Crippen molar-refractivity contribution in [3.63, 3.8) is 0 Å². The summed E-state index contributed by atoms with van der Waals surface area (Å²) in [6, 6.07) is 22.8. The first-order chi connectivity index (χ1) is 18.0. The highest BCUT2D eigenvalue weighted by atomic mass is 79.9. The Hall–Kier alpha value is -2.99. The highest BCUT2D eigenvalue weighted by molar-refractivity contribution is 9.10.